The zero-order valence-corrected chi connectivity index (χ0v) is 13.3. The molecule has 0 heterocycles. The van der Waals surface area contributed by atoms with Crippen LogP contribution in [0.15, 0.2) is 22.7 Å². The van der Waals surface area contributed by atoms with E-state index < -0.39 is 6.10 Å². The Hall–Kier alpha value is -0.540. The van der Waals surface area contributed by atoms with Gasteiger partial charge in [0.05, 0.1) is 12.7 Å². The third-order valence-corrected chi connectivity index (χ3v) is 3.25. The van der Waals surface area contributed by atoms with E-state index in [0.717, 1.165) is 28.6 Å². The second kappa shape index (κ2) is 6.58. The predicted octanol–water partition coefficient (Wildman–Crippen LogP) is 4.71. The lowest BCUT2D eigenvalue weighted by Gasteiger charge is -2.19. The average molecular weight is 315 g/mol. The Bertz CT molecular complexity index is 381. The van der Waals surface area contributed by atoms with Gasteiger partial charge in [-0.05, 0) is 37.3 Å². The maximum absolute atomic E-state index is 9.69. The highest BCUT2D eigenvalue weighted by Gasteiger charge is 2.12. The van der Waals surface area contributed by atoms with E-state index in [1.807, 2.05) is 18.2 Å². The molecule has 1 aromatic rings. The summed E-state index contributed by atoms with van der Waals surface area (Å²) in [6.07, 6.45) is 1.65. The Kier molecular flexibility index (Phi) is 5.67. The highest BCUT2D eigenvalue weighted by molar-refractivity contribution is 9.10. The Morgan fingerprint density at radius 2 is 2.00 bits per heavy atom. The number of aliphatic hydroxyl groups excluding tert-OH is 1. The molecule has 1 rings (SSSR count). The summed E-state index contributed by atoms with van der Waals surface area (Å²) in [5, 5.41) is 9.69. The molecule has 0 bridgehead atoms. The van der Waals surface area contributed by atoms with Crippen molar-refractivity contribution in [3.05, 3.63) is 28.2 Å². The van der Waals surface area contributed by atoms with Crippen LogP contribution in [-0.2, 0) is 0 Å². The first-order valence-electron chi connectivity index (χ1n) is 6.40. The summed E-state index contributed by atoms with van der Waals surface area (Å²) in [5.41, 5.74) is 1.18. The maximum atomic E-state index is 9.69. The van der Waals surface area contributed by atoms with Crippen LogP contribution in [0, 0.1) is 5.41 Å². The SMILES string of the molecule is C[C@H](O)c1ccc(Br)cc1OCCCC(C)(C)C. The molecule has 3 heteroatoms. The fourth-order valence-corrected chi connectivity index (χ4v) is 2.10. The van der Waals surface area contributed by atoms with E-state index in [1.165, 1.54) is 0 Å². The number of hydrogen-bond acceptors (Lipinski definition) is 2. The lowest BCUT2D eigenvalue weighted by atomic mass is 9.91. The molecule has 0 radical (unpaired) electrons. The van der Waals surface area contributed by atoms with Gasteiger partial charge in [0.15, 0.2) is 0 Å². The monoisotopic (exact) mass is 314 g/mol. The van der Waals surface area contributed by atoms with Crippen LogP contribution in [0.2, 0.25) is 0 Å². The van der Waals surface area contributed by atoms with Crippen molar-refractivity contribution in [1.82, 2.24) is 0 Å². The second-order valence-electron chi connectivity index (χ2n) is 5.87. The molecule has 1 atom stereocenters. The number of ether oxygens (including phenoxy) is 1. The fraction of sp³-hybridized carbons (Fsp3) is 0.600. The number of benzene rings is 1. The summed E-state index contributed by atoms with van der Waals surface area (Å²) in [6.45, 7) is 9.13. The lowest BCUT2D eigenvalue weighted by Crippen LogP contribution is -2.08. The Morgan fingerprint density at radius 3 is 2.56 bits per heavy atom. The third-order valence-electron chi connectivity index (χ3n) is 2.75. The molecule has 0 aliphatic carbocycles. The first-order chi connectivity index (χ1) is 8.29. The summed E-state index contributed by atoms with van der Waals surface area (Å²) in [5.74, 6) is 0.772. The van der Waals surface area contributed by atoms with Crippen LogP contribution in [0.25, 0.3) is 0 Å². The smallest absolute Gasteiger partial charge is 0.126 e. The first kappa shape index (κ1) is 15.5. The predicted molar refractivity (Wildman–Crippen MR) is 79.0 cm³/mol. The van der Waals surface area contributed by atoms with Crippen LogP contribution in [0.1, 0.15) is 52.2 Å². The molecule has 102 valence electrons. The first-order valence-corrected chi connectivity index (χ1v) is 7.19. The van der Waals surface area contributed by atoms with E-state index in [1.54, 1.807) is 6.92 Å². The van der Waals surface area contributed by atoms with Gasteiger partial charge in [-0.1, -0.05) is 42.8 Å². The highest BCUT2D eigenvalue weighted by atomic mass is 79.9. The molecule has 2 nitrogen and oxygen atoms in total. The molecular weight excluding hydrogens is 292 g/mol. The van der Waals surface area contributed by atoms with Crippen LogP contribution < -0.4 is 4.74 Å². The molecule has 1 aromatic carbocycles. The van der Waals surface area contributed by atoms with Crippen molar-refractivity contribution in [2.24, 2.45) is 5.41 Å². The zero-order chi connectivity index (χ0) is 13.8. The van der Waals surface area contributed by atoms with Crippen LogP contribution in [0.3, 0.4) is 0 Å². The number of halogens is 1. The van der Waals surface area contributed by atoms with E-state index in [9.17, 15) is 5.11 Å². The molecule has 0 amide bonds. The Balaban J connectivity index is 2.58. The van der Waals surface area contributed by atoms with Crippen LogP contribution in [-0.4, -0.2) is 11.7 Å². The molecule has 0 spiro atoms. The van der Waals surface area contributed by atoms with Crippen molar-refractivity contribution in [2.75, 3.05) is 6.61 Å². The van der Waals surface area contributed by atoms with Gasteiger partial charge in [0.1, 0.15) is 5.75 Å². The van der Waals surface area contributed by atoms with Gasteiger partial charge in [-0.3, -0.25) is 0 Å². The molecule has 0 aliphatic rings. The van der Waals surface area contributed by atoms with Gasteiger partial charge in [0, 0.05) is 10.0 Å². The van der Waals surface area contributed by atoms with E-state index in [-0.39, 0.29) is 0 Å². The largest absolute Gasteiger partial charge is 0.493 e. The molecule has 0 fully saturated rings. The van der Waals surface area contributed by atoms with Crippen molar-refractivity contribution >= 4 is 15.9 Å². The highest BCUT2D eigenvalue weighted by Crippen LogP contribution is 2.29. The van der Waals surface area contributed by atoms with E-state index in [0.29, 0.717) is 12.0 Å². The van der Waals surface area contributed by atoms with Gasteiger partial charge in [-0.25, -0.2) is 0 Å². The molecule has 0 aromatic heterocycles. The lowest BCUT2D eigenvalue weighted by molar-refractivity contribution is 0.189. The summed E-state index contributed by atoms with van der Waals surface area (Å²) < 4.78 is 6.75. The fourth-order valence-electron chi connectivity index (χ4n) is 1.76. The van der Waals surface area contributed by atoms with Crippen molar-refractivity contribution in [3.63, 3.8) is 0 Å². The molecule has 0 saturated carbocycles. The van der Waals surface area contributed by atoms with Crippen molar-refractivity contribution in [3.8, 4) is 5.75 Å². The molecule has 0 saturated heterocycles. The average Bonchev–Trinajstić information content (AvgIpc) is 2.22. The molecule has 18 heavy (non-hydrogen) atoms. The molecule has 0 unspecified atom stereocenters. The third kappa shape index (κ3) is 5.40. The van der Waals surface area contributed by atoms with Crippen LogP contribution in [0.5, 0.6) is 5.75 Å². The minimum atomic E-state index is -0.504. The minimum Gasteiger partial charge on any atom is -0.493 e. The van der Waals surface area contributed by atoms with Gasteiger partial charge in [-0.15, -0.1) is 0 Å². The quantitative estimate of drug-likeness (QED) is 0.798. The topological polar surface area (TPSA) is 29.5 Å². The Labute approximate surface area is 118 Å². The van der Waals surface area contributed by atoms with Crippen molar-refractivity contribution in [1.29, 1.82) is 0 Å². The molecule has 0 aliphatic heterocycles. The number of rotatable bonds is 5. The summed E-state index contributed by atoms with van der Waals surface area (Å²) in [6, 6.07) is 5.73. The van der Waals surface area contributed by atoms with Gasteiger partial charge < -0.3 is 9.84 Å². The number of aliphatic hydroxyl groups is 1. The second-order valence-corrected chi connectivity index (χ2v) is 6.79. The normalized spacial score (nSPS) is 13.4. The van der Waals surface area contributed by atoms with Crippen LogP contribution in [0.4, 0.5) is 0 Å². The van der Waals surface area contributed by atoms with E-state index >= 15 is 0 Å². The van der Waals surface area contributed by atoms with Gasteiger partial charge >= 0.3 is 0 Å². The minimum absolute atomic E-state index is 0.341. The number of hydrogen-bond donors (Lipinski definition) is 1. The summed E-state index contributed by atoms with van der Waals surface area (Å²) >= 11 is 3.42. The van der Waals surface area contributed by atoms with Gasteiger partial charge in [0.2, 0.25) is 0 Å². The maximum Gasteiger partial charge on any atom is 0.126 e. The van der Waals surface area contributed by atoms with Crippen LogP contribution >= 0.6 is 15.9 Å². The summed E-state index contributed by atoms with van der Waals surface area (Å²) in [4.78, 5) is 0. The Morgan fingerprint density at radius 1 is 1.33 bits per heavy atom. The van der Waals surface area contributed by atoms with E-state index in [2.05, 4.69) is 36.7 Å². The molecular formula is C15H23BrO2. The van der Waals surface area contributed by atoms with Gasteiger partial charge in [-0.2, -0.15) is 0 Å². The van der Waals surface area contributed by atoms with Crippen molar-refractivity contribution in [2.45, 2.75) is 46.6 Å². The molecule has 1 N–H and O–H groups in total. The zero-order valence-electron chi connectivity index (χ0n) is 11.7. The summed E-state index contributed by atoms with van der Waals surface area (Å²) in [7, 11) is 0. The van der Waals surface area contributed by atoms with Crippen molar-refractivity contribution < 1.29 is 9.84 Å². The van der Waals surface area contributed by atoms with E-state index in [4.69, 9.17) is 4.74 Å². The standard InChI is InChI=1S/C15H23BrO2/c1-11(17)13-7-6-12(16)10-14(13)18-9-5-8-15(2,3)4/h6-7,10-11,17H,5,8-9H2,1-4H3/t11-/m0/s1. The van der Waals surface area contributed by atoms with Gasteiger partial charge in [0.25, 0.3) is 0 Å².